The summed E-state index contributed by atoms with van der Waals surface area (Å²) in [6.07, 6.45) is 0.530. The van der Waals surface area contributed by atoms with Crippen molar-refractivity contribution in [2.24, 2.45) is 0 Å². The monoisotopic (exact) mass is 420 g/mol. The number of nitrogens with zero attached hydrogens (tertiary/aromatic N) is 4. The van der Waals surface area contributed by atoms with Gasteiger partial charge in [-0.05, 0) is 49.7 Å². The zero-order valence-corrected chi connectivity index (χ0v) is 18.4. The van der Waals surface area contributed by atoms with Crippen molar-refractivity contribution >= 4 is 11.6 Å². The molecule has 3 aromatic rings. The van der Waals surface area contributed by atoms with Crippen LogP contribution in [-0.4, -0.2) is 47.7 Å². The third-order valence-corrected chi connectivity index (χ3v) is 5.30. The van der Waals surface area contributed by atoms with Gasteiger partial charge in [0.25, 0.3) is 5.89 Å². The minimum absolute atomic E-state index is 0.0643. The zero-order valence-electron chi connectivity index (χ0n) is 18.4. The maximum atomic E-state index is 12.6. The summed E-state index contributed by atoms with van der Waals surface area (Å²) in [6, 6.07) is 15.8. The molecule has 0 aliphatic carbocycles. The molecule has 1 saturated heterocycles. The van der Waals surface area contributed by atoms with Gasteiger partial charge in [0.1, 0.15) is 5.75 Å². The van der Waals surface area contributed by atoms with Gasteiger partial charge in [-0.25, -0.2) is 0 Å². The Hall–Kier alpha value is -3.35. The van der Waals surface area contributed by atoms with Crippen LogP contribution in [0, 0.1) is 0 Å². The van der Waals surface area contributed by atoms with Gasteiger partial charge in [-0.1, -0.05) is 23.4 Å². The summed E-state index contributed by atoms with van der Waals surface area (Å²) >= 11 is 0. The molecule has 1 atom stereocenters. The maximum absolute atomic E-state index is 12.6. The summed E-state index contributed by atoms with van der Waals surface area (Å²) in [5.74, 6) is 1.94. The second-order valence-electron chi connectivity index (χ2n) is 8.39. The number of rotatable bonds is 7. The SMILES string of the molecule is CC(C)Oc1ccc(CN2CC(c3noc(-c4cccc(N(C)C)c4)n3)CC2=O)cc1. The van der Waals surface area contributed by atoms with E-state index in [-0.39, 0.29) is 17.9 Å². The van der Waals surface area contributed by atoms with Gasteiger partial charge in [0, 0.05) is 50.8 Å². The Labute approximate surface area is 182 Å². The average molecular weight is 421 g/mol. The summed E-state index contributed by atoms with van der Waals surface area (Å²) in [6.45, 7) is 5.14. The van der Waals surface area contributed by atoms with Crippen molar-refractivity contribution in [3.8, 4) is 17.2 Å². The van der Waals surface area contributed by atoms with Gasteiger partial charge < -0.3 is 19.1 Å². The molecule has 31 heavy (non-hydrogen) atoms. The van der Waals surface area contributed by atoms with Gasteiger partial charge in [0.05, 0.1) is 6.10 Å². The van der Waals surface area contributed by atoms with E-state index in [0.29, 0.717) is 31.2 Å². The number of carbonyl (C=O) groups is 1. The fraction of sp³-hybridized carbons (Fsp3) is 0.375. The number of amides is 1. The Bertz CT molecular complexity index is 1040. The summed E-state index contributed by atoms with van der Waals surface area (Å²) in [4.78, 5) is 21.0. The highest BCUT2D eigenvalue weighted by Gasteiger charge is 2.33. The average Bonchev–Trinajstić information content (AvgIpc) is 3.36. The van der Waals surface area contributed by atoms with E-state index >= 15 is 0 Å². The summed E-state index contributed by atoms with van der Waals surface area (Å²) in [7, 11) is 3.98. The van der Waals surface area contributed by atoms with Crippen molar-refractivity contribution < 1.29 is 14.1 Å². The minimum Gasteiger partial charge on any atom is -0.491 e. The first kappa shape index (κ1) is 20.9. The molecule has 1 aromatic heterocycles. The number of aromatic nitrogens is 2. The van der Waals surface area contributed by atoms with Gasteiger partial charge in [0.2, 0.25) is 5.91 Å². The van der Waals surface area contributed by atoms with Crippen LogP contribution >= 0.6 is 0 Å². The molecule has 2 heterocycles. The van der Waals surface area contributed by atoms with E-state index in [1.165, 1.54) is 0 Å². The predicted octanol–water partition coefficient (Wildman–Crippen LogP) is 4.11. The lowest BCUT2D eigenvalue weighted by atomic mass is 10.1. The van der Waals surface area contributed by atoms with Crippen molar-refractivity contribution in [1.82, 2.24) is 15.0 Å². The third kappa shape index (κ3) is 4.87. The van der Waals surface area contributed by atoms with Crippen LogP contribution in [0.5, 0.6) is 5.75 Å². The number of carbonyl (C=O) groups excluding carboxylic acids is 1. The standard InChI is InChI=1S/C24H28N4O3/c1-16(2)30-21-10-8-17(9-11-21)14-28-15-19(13-22(28)29)23-25-24(31-26-23)18-6-5-7-20(12-18)27(3)4/h5-12,16,19H,13-15H2,1-4H3. The zero-order chi connectivity index (χ0) is 22.0. The second-order valence-corrected chi connectivity index (χ2v) is 8.39. The van der Waals surface area contributed by atoms with Crippen LogP contribution in [0.25, 0.3) is 11.5 Å². The number of benzene rings is 2. The van der Waals surface area contributed by atoms with Gasteiger partial charge in [0.15, 0.2) is 5.82 Å². The molecule has 0 N–H and O–H groups in total. The molecule has 162 valence electrons. The molecular weight excluding hydrogens is 392 g/mol. The number of likely N-dealkylation sites (tertiary alicyclic amines) is 1. The van der Waals surface area contributed by atoms with Gasteiger partial charge in [-0.15, -0.1) is 0 Å². The first-order valence-corrected chi connectivity index (χ1v) is 10.5. The molecule has 1 amide bonds. The van der Waals surface area contributed by atoms with Crippen LogP contribution in [0.15, 0.2) is 53.1 Å². The fourth-order valence-electron chi connectivity index (χ4n) is 3.70. The quantitative estimate of drug-likeness (QED) is 0.573. The summed E-state index contributed by atoms with van der Waals surface area (Å²) < 4.78 is 11.2. The molecule has 0 radical (unpaired) electrons. The highest BCUT2D eigenvalue weighted by atomic mass is 16.5. The van der Waals surface area contributed by atoms with Crippen molar-refractivity contribution in [1.29, 1.82) is 0 Å². The number of ether oxygens (including phenoxy) is 1. The van der Waals surface area contributed by atoms with E-state index in [1.54, 1.807) is 0 Å². The Kier molecular flexibility index (Phi) is 5.93. The molecular formula is C24H28N4O3. The van der Waals surface area contributed by atoms with E-state index in [9.17, 15) is 4.79 Å². The highest BCUT2D eigenvalue weighted by Crippen LogP contribution is 2.30. The normalized spacial score (nSPS) is 16.2. The number of hydrogen-bond donors (Lipinski definition) is 0. The lowest BCUT2D eigenvalue weighted by Gasteiger charge is -2.17. The number of hydrogen-bond acceptors (Lipinski definition) is 6. The van der Waals surface area contributed by atoms with Crippen molar-refractivity contribution in [2.75, 3.05) is 25.5 Å². The van der Waals surface area contributed by atoms with Crippen LogP contribution in [0.3, 0.4) is 0 Å². The maximum Gasteiger partial charge on any atom is 0.258 e. The van der Waals surface area contributed by atoms with Crippen LogP contribution in [0.2, 0.25) is 0 Å². The molecule has 1 fully saturated rings. The fourth-order valence-corrected chi connectivity index (χ4v) is 3.70. The van der Waals surface area contributed by atoms with Crippen LogP contribution in [-0.2, 0) is 11.3 Å². The van der Waals surface area contributed by atoms with Gasteiger partial charge in [-0.2, -0.15) is 4.98 Å². The van der Waals surface area contributed by atoms with Crippen molar-refractivity contribution in [3.63, 3.8) is 0 Å². The van der Waals surface area contributed by atoms with Gasteiger partial charge >= 0.3 is 0 Å². The van der Waals surface area contributed by atoms with Crippen molar-refractivity contribution in [3.05, 3.63) is 59.9 Å². The highest BCUT2D eigenvalue weighted by molar-refractivity contribution is 5.79. The Morgan fingerprint density at radius 2 is 1.97 bits per heavy atom. The first-order valence-electron chi connectivity index (χ1n) is 10.5. The Morgan fingerprint density at radius 1 is 1.19 bits per heavy atom. The molecule has 0 saturated carbocycles. The lowest BCUT2D eigenvalue weighted by molar-refractivity contribution is -0.128. The van der Waals surface area contributed by atoms with Gasteiger partial charge in [-0.3, -0.25) is 4.79 Å². The molecule has 1 unspecified atom stereocenters. The van der Waals surface area contributed by atoms with Crippen LogP contribution in [0.4, 0.5) is 5.69 Å². The van der Waals surface area contributed by atoms with Crippen molar-refractivity contribution in [2.45, 2.75) is 38.8 Å². The molecule has 1 aliphatic rings. The number of anilines is 1. The summed E-state index contributed by atoms with van der Waals surface area (Å²) in [5.41, 5.74) is 3.00. The van der Waals surface area contributed by atoms with E-state index < -0.39 is 0 Å². The minimum atomic E-state index is -0.0643. The van der Waals surface area contributed by atoms with E-state index in [4.69, 9.17) is 9.26 Å². The molecule has 1 aliphatic heterocycles. The van der Waals surface area contributed by atoms with E-state index in [2.05, 4.69) is 10.1 Å². The molecule has 7 nitrogen and oxygen atoms in total. The molecule has 2 aromatic carbocycles. The molecule has 0 spiro atoms. The summed E-state index contributed by atoms with van der Waals surface area (Å²) in [5, 5.41) is 4.17. The molecule has 7 heteroatoms. The first-order chi connectivity index (χ1) is 14.9. The smallest absolute Gasteiger partial charge is 0.258 e. The Balaban J connectivity index is 1.42. The van der Waals surface area contributed by atoms with E-state index in [0.717, 1.165) is 22.6 Å². The topological polar surface area (TPSA) is 71.7 Å². The molecule has 4 rings (SSSR count). The largest absolute Gasteiger partial charge is 0.491 e. The Morgan fingerprint density at radius 3 is 2.68 bits per heavy atom. The molecule has 0 bridgehead atoms. The third-order valence-electron chi connectivity index (χ3n) is 5.30. The predicted molar refractivity (Wildman–Crippen MR) is 119 cm³/mol. The van der Waals surface area contributed by atoms with Crippen LogP contribution < -0.4 is 9.64 Å². The van der Waals surface area contributed by atoms with Crippen LogP contribution in [0.1, 0.15) is 37.6 Å². The van der Waals surface area contributed by atoms with E-state index in [1.807, 2.05) is 86.3 Å². The second kappa shape index (κ2) is 8.79. The lowest BCUT2D eigenvalue weighted by Crippen LogP contribution is -2.24.